The number of hydrogen-bond acceptors (Lipinski definition) is 5. The van der Waals surface area contributed by atoms with Crippen molar-refractivity contribution in [2.24, 2.45) is 0 Å². The van der Waals surface area contributed by atoms with Crippen molar-refractivity contribution >= 4 is 33.3 Å². The normalized spacial score (nSPS) is 15.9. The second kappa shape index (κ2) is 10.0. The van der Waals surface area contributed by atoms with Gasteiger partial charge in [-0.05, 0) is 50.1 Å². The number of piperazine rings is 1. The number of fused-ring (bicyclic) bond motifs is 1. The summed E-state index contributed by atoms with van der Waals surface area (Å²) >= 11 is 1.46. The molecule has 1 amide bonds. The zero-order chi connectivity index (χ0) is 22.7. The molecule has 32 heavy (non-hydrogen) atoms. The Morgan fingerprint density at radius 2 is 2.09 bits per heavy atom. The lowest BCUT2D eigenvalue weighted by Crippen LogP contribution is -2.44. The first-order valence-corrected chi connectivity index (χ1v) is 12.2. The number of amides is 1. The van der Waals surface area contributed by atoms with E-state index in [4.69, 9.17) is 0 Å². The predicted octanol–water partition coefficient (Wildman–Crippen LogP) is 4.36. The zero-order valence-electron chi connectivity index (χ0n) is 19.1. The van der Waals surface area contributed by atoms with Gasteiger partial charge in [-0.1, -0.05) is 31.1 Å². The van der Waals surface area contributed by atoms with E-state index in [2.05, 4.69) is 39.1 Å². The van der Waals surface area contributed by atoms with Crippen LogP contribution in [0.5, 0.6) is 0 Å². The number of aromatic amines is 1. The predicted molar refractivity (Wildman–Crippen MR) is 129 cm³/mol. The number of H-pyrrole nitrogens is 1. The summed E-state index contributed by atoms with van der Waals surface area (Å²) in [5.74, 6) is -0.278. The van der Waals surface area contributed by atoms with Crippen LogP contribution in [0.4, 0.5) is 9.52 Å². The van der Waals surface area contributed by atoms with Gasteiger partial charge in [-0.15, -0.1) is 0 Å². The molecule has 1 aliphatic rings. The van der Waals surface area contributed by atoms with Gasteiger partial charge in [0.1, 0.15) is 10.7 Å². The molecule has 1 atom stereocenters. The van der Waals surface area contributed by atoms with E-state index in [9.17, 15) is 9.18 Å². The fourth-order valence-corrected chi connectivity index (χ4v) is 5.06. The Morgan fingerprint density at radius 3 is 2.84 bits per heavy atom. The number of aryl methyl sites for hydroxylation is 1. The van der Waals surface area contributed by atoms with E-state index >= 15 is 0 Å². The number of rotatable bonds is 8. The van der Waals surface area contributed by atoms with Crippen molar-refractivity contribution in [1.82, 2.24) is 20.2 Å². The molecule has 1 aliphatic heterocycles. The molecule has 3 heterocycles. The molecule has 8 heteroatoms. The Hall–Kier alpha value is -2.45. The van der Waals surface area contributed by atoms with E-state index in [0.717, 1.165) is 67.0 Å². The molecule has 1 aromatic carbocycles. The van der Waals surface area contributed by atoms with Gasteiger partial charge in [-0.3, -0.25) is 4.79 Å². The van der Waals surface area contributed by atoms with Crippen LogP contribution < -0.4 is 10.2 Å². The highest BCUT2D eigenvalue weighted by Crippen LogP contribution is 2.26. The summed E-state index contributed by atoms with van der Waals surface area (Å²) in [6.45, 7) is 7.79. The lowest BCUT2D eigenvalue weighted by molar-refractivity contribution is 0.0938. The minimum Gasteiger partial charge on any atom is -0.361 e. The second-order valence-corrected chi connectivity index (χ2v) is 9.78. The highest BCUT2D eigenvalue weighted by molar-refractivity contribution is 7.17. The number of thiazole rings is 1. The number of nitrogens with one attached hydrogen (secondary N) is 2. The van der Waals surface area contributed by atoms with Crippen LogP contribution in [-0.2, 0) is 6.42 Å². The van der Waals surface area contributed by atoms with Gasteiger partial charge in [0.15, 0.2) is 5.13 Å². The summed E-state index contributed by atoms with van der Waals surface area (Å²) in [4.78, 5) is 26.0. The molecule has 0 radical (unpaired) electrons. The van der Waals surface area contributed by atoms with Gasteiger partial charge in [-0.25, -0.2) is 9.37 Å². The topological polar surface area (TPSA) is 64.3 Å². The molecule has 172 valence electrons. The van der Waals surface area contributed by atoms with Gasteiger partial charge in [0, 0.05) is 49.3 Å². The first-order chi connectivity index (χ1) is 15.4. The Labute approximate surface area is 192 Å². The molecule has 2 aromatic heterocycles. The van der Waals surface area contributed by atoms with Gasteiger partial charge in [-0.2, -0.15) is 0 Å². The molecule has 0 saturated carbocycles. The third-order valence-electron chi connectivity index (χ3n) is 6.25. The lowest BCUT2D eigenvalue weighted by Gasteiger charge is -2.32. The van der Waals surface area contributed by atoms with Gasteiger partial charge >= 0.3 is 0 Å². The van der Waals surface area contributed by atoms with Crippen LogP contribution in [-0.4, -0.2) is 60.0 Å². The Morgan fingerprint density at radius 1 is 1.31 bits per heavy atom. The minimum atomic E-state index is -0.200. The van der Waals surface area contributed by atoms with Crippen LogP contribution in [0.15, 0.2) is 24.5 Å². The van der Waals surface area contributed by atoms with E-state index in [1.807, 2.05) is 12.3 Å². The van der Waals surface area contributed by atoms with Crippen molar-refractivity contribution in [3.63, 3.8) is 0 Å². The number of carbonyl (C=O) groups is 1. The van der Waals surface area contributed by atoms with Crippen molar-refractivity contribution in [1.29, 1.82) is 0 Å². The van der Waals surface area contributed by atoms with Crippen molar-refractivity contribution in [2.75, 3.05) is 38.1 Å². The number of halogens is 1. The van der Waals surface area contributed by atoms with E-state index in [1.165, 1.54) is 11.3 Å². The molecule has 1 fully saturated rings. The molecule has 0 aliphatic carbocycles. The number of benzene rings is 1. The minimum absolute atomic E-state index is 0.0139. The standard InChI is InChI=1S/C24H32FN5OS/c1-4-5-6-18(12-17-14-26-21-11-16(2)20(25)13-19(17)21)28-23(31)22-15-27-24(32-22)30-9-7-29(3)8-10-30/h11,13-15,18,26H,4-10,12H2,1-3H3,(H,28,31). The molecule has 6 nitrogen and oxygen atoms in total. The summed E-state index contributed by atoms with van der Waals surface area (Å²) < 4.78 is 14.2. The van der Waals surface area contributed by atoms with Crippen LogP contribution >= 0.6 is 11.3 Å². The number of carbonyl (C=O) groups excluding carboxylic acids is 1. The summed E-state index contributed by atoms with van der Waals surface area (Å²) in [5.41, 5.74) is 2.59. The monoisotopic (exact) mass is 457 g/mol. The molecule has 2 N–H and O–H groups in total. The van der Waals surface area contributed by atoms with Gasteiger partial charge in [0.05, 0.1) is 6.20 Å². The SMILES string of the molecule is CCCCC(Cc1c[nH]c2cc(C)c(F)cc12)NC(=O)c1cnc(N2CCN(C)CC2)s1. The summed E-state index contributed by atoms with van der Waals surface area (Å²) in [5, 5.41) is 5.02. The number of hydrogen-bond donors (Lipinski definition) is 2. The van der Waals surface area contributed by atoms with Crippen LogP contribution in [0.1, 0.15) is 47.0 Å². The molecular formula is C24H32FN5OS. The Bertz CT molecular complexity index is 1070. The highest BCUT2D eigenvalue weighted by atomic mass is 32.1. The maximum atomic E-state index is 14.2. The lowest BCUT2D eigenvalue weighted by atomic mass is 9.99. The highest BCUT2D eigenvalue weighted by Gasteiger charge is 2.21. The van der Waals surface area contributed by atoms with Crippen molar-refractivity contribution in [3.8, 4) is 0 Å². The van der Waals surface area contributed by atoms with Crippen LogP contribution in [0.25, 0.3) is 10.9 Å². The van der Waals surface area contributed by atoms with Crippen LogP contribution in [0.3, 0.4) is 0 Å². The molecule has 1 unspecified atom stereocenters. The van der Waals surface area contributed by atoms with E-state index in [0.29, 0.717) is 16.9 Å². The maximum absolute atomic E-state index is 14.2. The van der Waals surface area contributed by atoms with Crippen LogP contribution in [0.2, 0.25) is 0 Å². The average Bonchev–Trinajstić information content (AvgIpc) is 3.41. The average molecular weight is 458 g/mol. The molecule has 4 rings (SSSR count). The molecule has 0 bridgehead atoms. The van der Waals surface area contributed by atoms with Gasteiger partial charge in [0.2, 0.25) is 0 Å². The first kappa shape index (κ1) is 22.7. The molecule has 3 aromatic rings. The summed E-state index contributed by atoms with van der Waals surface area (Å²) in [6, 6.07) is 3.42. The van der Waals surface area contributed by atoms with Crippen molar-refractivity contribution in [3.05, 3.63) is 46.3 Å². The maximum Gasteiger partial charge on any atom is 0.263 e. The molecular weight excluding hydrogens is 425 g/mol. The van der Waals surface area contributed by atoms with Crippen LogP contribution in [0, 0.1) is 12.7 Å². The smallest absolute Gasteiger partial charge is 0.263 e. The van der Waals surface area contributed by atoms with Gasteiger partial charge < -0.3 is 20.1 Å². The Balaban J connectivity index is 1.46. The fraction of sp³-hybridized carbons (Fsp3) is 0.500. The van der Waals surface area contributed by atoms with Crippen molar-refractivity contribution in [2.45, 2.75) is 45.6 Å². The first-order valence-electron chi connectivity index (χ1n) is 11.4. The fourth-order valence-electron chi connectivity index (χ4n) is 4.19. The number of aromatic nitrogens is 2. The summed E-state index contributed by atoms with van der Waals surface area (Å²) in [6.07, 6.45) is 7.26. The number of anilines is 1. The molecule has 1 saturated heterocycles. The molecule has 0 spiro atoms. The quantitative estimate of drug-likeness (QED) is 0.528. The Kier molecular flexibility index (Phi) is 7.10. The van der Waals surface area contributed by atoms with E-state index in [1.54, 1.807) is 19.2 Å². The third kappa shape index (κ3) is 5.13. The van der Waals surface area contributed by atoms with Crippen molar-refractivity contribution < 1.29 is 9.18 Å². The zero-order valence-corrected chi connectivity index (χ0v) is 19.9. The number of nitrogens with zero attached hydrogens (tertiary/aromatic N) is 3. The van der Waals surface area contributed by atoms with E-state index < -0.39 is 0 Å². The number of likely N-dealkylation sites (N-methyl/N-ethyl adjacent to an activating group) is 1. The number of unbranched alkanes of at least 4 members (excludes halogenated alkanes) is 1. The largest absolute Gasteiger partial charge is 0.361 e. The van der Waals surface area contributed by atoms with E-state index in [-0.39, 0.29) is 17.8 Å². The van der Waals surface area contributed by atoms with Gasteiger partial charge in [0.25, 0.3) is 5.91 Å². The second-order valence-electron chi connectivity index (χ2n) is 8.78. The third-order valence-corrected chi connectivity index (χ3v) is 7.30. The summed E-state index contributed by atoms with van der Waals surface area (Å²) in [7, 11) is 2.12.